The molecule has 1 aromatic rings. The number of carbonyl (C=O) groups excluding carboxylic acids is 1. The van der Waals surface area contributed by atoms with Gasteiger partial charge in [0.15, 0.2) is 9.84 Å². The van der Waals surface area contributed by atoms with Crippen LogP contribution in [0.5, 0.6) is 0 Å². The first-order valence-electron chi connectivity index (χ1n) is 8.35. The third kappa shape index (κ3) is 3.75. The molecule has 1 atom stereocenters. The molecule has 0 aliphatic carbocycles. The van der Waals surface area contributed by atoms with E-state index in [-0.39, 0.29) is 5.91 Å². The number of amides is 1. The van der Waals surface area contributed by atoms with Crippen LogP contribution in [0.15, 0.2) is 35.2 Å². The fraction of sp³-hybridized carbons (Fsp3) is 0.588. The fourth-order valence-electron chi connectivity index (χ4n) is 3.47. The van der Waals surface area contributed by atoms with Gasteiger partial charge in [-0.3, -0.25) is 4.79 Å². The number of piperidine rings is 1. The third-order valence-corrected chi connectivity index (χ3v) is 7.12. The van der Waals surface area contributed by atoms with Crippen LogP contribution >= 0.6 is 0 Å². The van der Waals surface area contributed by atoms with Gasteiger partial charge in [-0.2, -0.15) is 0 Å². The Balaban J connectivity index is 1.60. The quantitative estimate of drug-likeness (QED) is 0.904. The van der Waals surface area contributed by atoms with Gasteiger partial charge in [0.2, 0.25) is 5.91 Å². The van der Waals surface area contributed by atoms with Crippen molar-refractivity contribution in [2.75, 3.05) is 26.2 Å². The van der Waals surface area contributed by atoms with E-state index in [0.717, 1.165) is 25.9 Å². The van der Waals surface area contributed by atoms with Crippen molar-refractivity contribution in [3.63, 3.8) is 0 Å². The highest BCUT2D eigenvalue weighted by Crippen LogP contribution is 2.25. The van der Waals surface area contributed by atoms with Crippen molar-refractivity contribution < 1.29 is 13.2 Å². The van der Waals surface area contributed by atoms with E-state index in [2.05, 4.69) is 5.32 Å². The van der Waals surface area contributed by atoms with Crippen molar-refractivity contribution in [1.29, 1.82) is 0 Å². The number of rotatable bonds is 4. The molecule has 0 saturated carbocycles. The molecule has 2 fully saturated rings. The normalized spacial score (nSPS) is 23.1. The summed E-state index contributed by atoms with van der Waals surface area (Å²) in [5.41, 5.74) is 0. The predicted molar refractivity (Wildman–Crippen MR) is 88.8 cm³/mol. The Morgan fingerprint density at radius 3 is 2.52 bits per heavy atom. The SMILES string of the molecule is O=C(CC1CCNCC1)N1CCC(S(=O)(=O)c2ccccc2)C1. The second-order valence-corrected chi connectivity index (χ2v) is 8.73. The zero-order valence-corrected chi connectivity index (χ0v) is 14.1. The van der Waals surface area contributed by atoms with E-state index >= 15 is 0 Å². The number of hydrogen-bond donors (Lipinski definition) is 1. The average molecular weight is 336 g/mol. The minimum atomic E-state index is -3.34. The summed E-state index contributed by atoms with van der Waals surface area (Å²) < 4.78 is 25.3. The molecular formula is C17H24N2O3S. The zero-order chi connectivity index (χ0) is 16.3. The Bertz CT molecular complexity index is 639. The second kappa shape index (κ2) is 7.01. The first kappa shape index (κ1) is 16.5. The van der Waals surface area contributed by atoms with Crippen molar-refractivity contribution in [2.24, 2.45) is 5.92 Å². The molecule has 6 heteroatoms. The van der Waals surface area contributed by atoms with Crippen molar-refractivity contribution in [2.45, 2.75) is 35.8 Å². The summed E-state index contributed by atoms with van der Waals surface area (Å²) in [5, 5.41) is 2.83. The van der Waals surface area contributed by atoms with E-state index in [0.29, 0.717) is 36.7 Å². The summed E-state index contributed by atoms with van der Waals surface area (Å²) in [7, 11) is -3.34. The van der Waals surface area contributed by atoms with Crippen LogP contribution in [0.3, 0.4) is 0 Å². The molecule has 2 aliphatic rings. The minimum absolute atomic E-state index is 0.114. The van der Waals surface area contributed by atoms with Gasteiger partial charge in [0, 0.05) is 19.5 Å². The van der Waals surface area contributed by atoms with Gasteiger partial charge in [0.1, 0.15) is 0 Å². The third-order valence-electron chi connectivity index (χ3n) is 4.93. The van der Waals surface area contributed by atoms with Crippen LogP contribution in [-0.2, 0) is 14.6 Å². The number of sulfone groups is 1. The molecule has 5 nitrogen and oxygen atoms in total. The Morgan fingerprint density at radius 1 is 1.13 bits per heavy atom. The van der Waals surface area contributed by atoms with Gasteiger partial charge in [-0.25, -0.2) is 8.42 Å². The molecule has 1 aromatic carbocycles. The van der Waals surface area contributed by atoms with E-state index in [1.165, 1.54) is 0 Å². The Morgan fingerprint density at radius 2 is 1.83 bits per heavy atom. The molecule has 1 N–H and O–H groups in total. The minimum Gasteiger partial charge on any atom is -0.341 e. The summed E-state index contributed by atoms with van der Waals surface area (Å²) in [6.07, 6.45) is 3.16. The molecule has 1 unspecified atom stereocenters. The molecule has 2 heterocycles. The van der Waals surface area contributed by atoms with E-state index in [4.69, 9.17) is 0 Å². The maximum Gasteiger partial charge on any atom is 0.222 e. The van der Waals surface area contributed by atoms with Gasteiger partial charge in [-0.15, -0.1) is 0 Å². The van der Waals surface area contributed by atoms with E-state index in [9.17, 15) is 13.2 Å². The van der Waals surface area contributed by atoms with Crippen molar-refractivity contribution in [3.8, 4) is 0 Å². The lowest BCUT2D eigenvalue weighted by Crippen LogP contribution is -2.35. The van der Waals surface area contributed by atoms with Crippen LogP contribution in [0, 0.1) is 5.92 Å². The van der Waals surface area contributed by atoms with Crippen LogP contribution in [-0.4, -0.2) is 50.7 Å². The Labute approximate surface area is 138 Å². The summed E-state index contributed by atoms with van der Waals surface area (Å²) >= 11 is 0. The Hall–Kier alpha value is -1.40. The monoisotopic (exact) mass is 336 g/mol. The topological polar surface area (TPSA) is 66.5 Å². The highest BCUT2D eigenvalue weighted by atomic mass is 32.2. The molecule has 0 aromatic heterocycles. The van der Waals surface area contributed by atoms with Crippen molar-refractivity contribution in [3.05, 3.63) is 30.3 Å². The van der Waals surface area contributed by atoms with Crippen LogP contribution in [0.4, 0.5) is 0 Å². The molecule has 2 aliphatic heterocycles. The van der Waals surface area contributed by atoms with Crippen molar-refractivity contribution >= 4 is 15.7 Å². The van der Waals surface area contributed by atoms with E-state index in [1.807, 2.05) is 6.07 Å². The lowest BCUT2D eigenvalue weighted by Gasteiger charge is -2.24. The summed E-state index contributed by atoms with van der Waals surface area (Å²) in [6, 6.07) is 8.55. The lowest BCUT2D eigenvalue weighted by molar-refractivity contribution is -0.131. The van der Waals surface area contributed by atoms with Gasteiger partial charge in [0.25, 0.3) is 0 Å². The maximum atomic E-state index is 12.6. The van der Waals surface area contributed by atoms with Gasteiger partial charge in [-0.05, 0) is 50.4 Å². The molecule has 0 spiro atoms. The van der Waals surface area contributed by atoms with Gasteiger partial charge in [-0.1, -0.05) is 18.2 Å². The molecule has 2 saturated heterocycles. The van der Waals surface area contributed by atoms with E-state index < -0.39 is 15.1 Å². The summed E-state index contributed by atoms with van der Waals surface area (Å²) in [5.74, 6) is 0.552. The van der Waals surface area contributed by atoms with Crippen LogP contribution < -0.4 is 5.32 Å². The number of carbonyl (C=O) groups is 1. The van der Waals surface area contributed by atoms with Crippen LogP contribution in [0.2, 0.25) is 0 Å². The van der Waals surface area contributed by atoms with Crippen LogP contribution in [0.25, 0.3) is 0 Å². The molecule has 0 radical (unpaired) electrons. The smallest absolute Gasteiger partial charge is 0.222 e. The number of likely N-dealkylation sites (tertiary alicyclic amines) is 1. The maximum absolute atomic E-state index is 12.6. The van der Waals surface area contributed by atoms with Crippen LogP contribution in [0.1, 0.15) is 25.7 Å². The molecule has 126 valence electrons. The van der Waals surface area contributed by atoms with Gasteiger partial charge < -0.3 is 10.2 Å². The zero-order valence-electron chi connectivity index (χ0n) is 13.3. The summed E-state index contributed by atoms with van der Waals surface area (Å²) in [6.45, 7) is 2.84. The Kier molecular flexibility index (Phi) is 5.02. The fourth-order valence-corrected chi connectivity index (χ4v) is 5.19. The number of hydrogen-bond acceptors (Lipinski definition) is 4. The predicted octanol–water partition coefficient (Wildman–Crippen LogP) is 1.45. The summed E-state index contributed by atoms with van der Waals surface area (Å²) in [4.78, 5) is 14.5. The standard InChI is InChI=1S/C17H24N2O3S/c20-17(12-14-6-9-18-10-7-14)19-11-8-16(13-19)23(21,22)15-4-2-1-3-5-15/h1-5,14,16,18H,6-13H2. The second-order valence-electron chi connectivity index (χ2n) is 6.51. The molecule has 3 rings (SSSR count). The highest BCUT2D eigenvalue weighted by molar-refractivity contribution is 7.92. The number of nitrogens with zero attached hydrogens (tertiary/aromatic N) is 1. The lowest BCUT2D eigenvalue weighted by atomic mass is 9.94. The van der Waals surface area contributed by atoms with Gasteiger partial charge in [0.05, 0.1) is 10.1 Å². The first-order chi connectivity index (χ1) is 11.1. The number of benzene rings is 1. The molecule has 23 heavy (non-hydrogen) atoms. The van der Waals surface area contributed by atoms with E-state index in [1.54, 1.807) is 29.2 Å². The molecule has 0 bridgehead atoms. The molecular weight excluding hydrogens is 312 g/mol. The van der Waals surface area contributed by atoms with Gasteiger partial charge >= 0.3 is 0 Å². The average Bonchev–Trinajstić information content (AvgIpc) is 3.07. The number of nitrogens with one attached hydrogen (secondary N) is 1. The van der Waals surface area contributed by atoms with Crippen molar-refractivity contribution in [1.82, 2.24) is 10.2 Å². The first-order valence-corrected chi connectivity index (χ1v) is 9.89. The highest BCUT2D eigenvalue weighted by Gasteiger charge is 2.36. The largest absolute Gasteiger partial charge is 0.341 e. The molecule has 1 amide bonds.